The third-order valence-corrected chi connectivity index (χ3v) is 4.60. The molecule has 1 aliphatic heterocycles. The van der Waals surface area contributed by atoms with Crippen LogP contribution in [0, 0.1) is 5.92 Å². The van der Waals surface area contributed by atoms with Gasteiger partial charge in [0.2, 0.25) is 0 Å². The molecule has 0 radical (unpaired) electrons. The first-order valence-corrected chi connectivity index (χ1v) is 7.22. The van der Waals surface area contributed by atoms with Gasteiger partial charge in [0.05, 0.1) is 11.5 Å². The van der Waals surface area contributed by atoms with Crippen molar-refractivity contribution in [1.29, 1.82) is 0 Å². The van der Waals surface area contributed by atoms with Crippen LogP contribution < -0.4 is 5.32 Å². The number of nitrogens with one attached hydrogen (secondary N) is 1. The van der Waals surface area contributed by atoms with E-state index in [1.165, 1.54) is 11.1 Å². The minimum Gasteiger partial charge on any atom is -0.481 e. The van der Waals surface area contributed by atoms with Gasteiger partial charge in [-0.1, -0.05) is 24.3 Å². The minimum atomic E-state index is -0.701. The topological polar surface area (TPSA) is 58.6 Å². The van der Waals surface area contributed by atoms with Gasteiger partial charge >= 0.3 is 5.97 Å². The van der Waals surface area contributed by atoms with Crippen molar-refractivity contribution in [1.82, 2.24) is 5.32 Å². The summed E-state index contributed by atoms with van der Waals surface area (Å²) in [6, 6.07) is 8.63. The summed E-state index contributed by atoms with van der Waals surface area (Å²) in [6.45, 7) is 0.562. The summed E-state index contributed by atoms with van der Waals surface area (Å²) in [5, 5.41) is 12.4. The number of ether oxygens (including phenoxy) is 1. The molecule has 2 aliphatic rings. The van der Waals surface area contributed by atoms with Crippen molar-refractivity contribution in [2.24, 2.45) is 5.92 Å². The minimum absolute atomic E-state index is 0.0608. The SMILES string of the molecule is COC1(Cc2cccc(C3CC(C(=O)O)CN3)c2)CC1. The fraction of sp³-hybridized carbons (Fsp3) is 0.562. The first-order valence-electron chi connectivity index (χ1n) is 7.22. The second-order valence-electron chi connectivity index (χ2n) is 6.04. The summed E-state index contributed by atoms with van der Waals surface area (Å²) in [5.74, 6) is -0.968. The highest BCUT2D eigenvalue weighted by molar-refractivity contribution is 5.70. The molecule has 1 aromatic rings. The van der Waals surface area contributed by atoms with Gasteiger partial charge in [0.15, 0.2) is 0 Å². The van der Waals surface area contributed by atoms with E-state index in [1.807, 2.05) is 0 Å². The highest BCUT2D eigenvalue weighted by Gasteiger charge is 2.42. The van der Waals surface area contributed by atoms with Crippen LogP contribution in [0.15, 0.2) is 24.3 Å². The Bertz CT molecular complexity index is 510. The highest BCUT2D eigenvalue weighted by atomic mass is 16.5. The van der Waals surface area contributed by atoms with E-state index in [0.717, 1.165) is 19.3 Å². The van der Waals surface area contributed by atoms with E-state index in [9.17, 15) is 4.79 Å². The highest BCUT2D eigenvalue weighted by Crippen LogP contribution is 2.42. The predicted molar refractivity (Wildman–Crippen MR) is 75.6 cm³/mol. The Morgan fingerprint density at radius 1 is 1.50 bits per heavy atom. The van der Waals surface area contributed by atoms with E-state index < -0.39 is 5.97 Å². The first-order chi connectivity index (χ1) is 9.62. The van der Waals surface area contributed by atoms with E-state index in [1.54, 1.807) is 7.11 Å². The van der Waals surface area contributed by atoms with Gasteiger partial charge in [0.25, 0.3) is 0 Å². The Hall–Kier alpha value is -1.39. The number of aliphatic carboxylic acids is 1. The van der Waals surface area contributed by atoms with E-state index in [2.05, 4.69) is 29.6 Å². The molecule has 2 fully saturated rings. The molecule has 4 heteroatoms. The van der Waals surface area contributed by atoms with Crippen molar-refractivity contribution in [3.63, 3.8) is 0 Å². The molecule has 1 heterocycles. The number of benzene rings is 1. The molecule has 20 heavy (non-hydrogen) atoms. The van der Waals surface area contributed by atoms with Gasteiger partial charge in [-0.2, -0.15) is 0 Å². The van der Waals surface area contributed by atoms with E-state index >= 15 is 0 Å². The van der Waals surface area contributed by atoms with Gasteiger partial charge in [0.1, 0.15) is 0 Å². The number of hydrogen-bond acceptors (Lipinski definition) is 3. The lowest BCUT2D eigenvalue weighted by Crippen LogP contribution is -2.18. The summed E-state index contributed by atoms with van der Waals surface area (Å²) >= 11 is 0. The average Bonchev–Trinajstić information content (AvgIpc) is 3.03. The van der Waals surface area contributed by atoms with Crippen LogP contribution in [0.5, 0.6) is 0 Å². The third-order valence-electron chi connectivity index (χ3n) is 4.60. The number of hydrogen-bond donors (Lipinski definition) is 2. The summed E-state index contributed by atoms with van der Waals surface area (Å²) in [6.07, 6.45) is 3.90. The van der Waals surface area contributed by atoms with Crippen LogP contribution in [0.2, 0.25) is 0 Å². The summed E-state index contributed by atoms with van der Waals surface area (Å²) in [5.41, 5.74) is 2.53. The van der Waals surface area contributed by atoms with Gasteiger partial charge < -0.3 is 15.2 Å². The fourth-order valence-electron chi connectivity index (χ4n) is 3.06. The molecule has 0 amide bonds. The predicted octanol–water partition coefficient (Wildman–Crippen LogP) is 2.14. The van der Waals surface area contributed by atoms with Crippen LogP contribution >= 0.6 is 0 Å². The van der Waals surface area contributed by atoms with Gasteiger partial charge in [0, 0.05) is 26.1 Å². The molecule has 2 atom stereocenters. The normalized spacial score (nSPS) is 27.4. The number of carboxylic acids is 1. The number of methoxy groups -OCH3 is 1. The molecule has 0 bridgehead atoms. The van der Waals surface area contributed by atoms with Crippen LogP contribution in [0.1, 0.15) is 36.4 Å². The van der Waals surface area contributed by atoms with Crippen LogP contribution in [0.3, 0.4) is 0 Å². The van der Waals surface area contributed by atoms with E-state index in [4.69, 9.17) is 9.84 Å². The maximum atomic E-state index is 11.0. The molecular formula is C16H21NO3. The zero-order chi connectivity index (χ0) is 14.2. The first kappa shape index (κ1) is 13.6. The fourth-order valence-corrected chi connectivity index (χ4v) is 3.06. The van der Waals surface area contributed by atoms with Crippen LogP contribution in [0.25, 0.3) is 0 Å². The molecule has 0 spiro atoms. The second kappa shape index (κ2) is 5.19. The molecular weight excluding hydrogens is 254 g/mol. The van der Waals surface area contributed by atoms with Crippen molar-refractivity contribution in [2.75, 3.05) is 13.7 Å². The summed E-state index contributed by atoms with van der Waals surface area (Å²) in [4.78, 5) is 11.0. The lowest BCUT2D eigenvalue weighted by atomic mass is 9.97. The standard InChI is InChI=1S/C16H21NO3/c1-20-16(5-6-16)9-11-3-2-4-12(7-11)14-8-13(10-17-14)15(18)19/h2-4,7,13-14,17H,5-6,8-10H2,1H3,(H,18,19). The smallest absolute Gasteiger partial charge is 0.307 e. The second-order valence-corrected chi connectivity index (χ2v) is 6.04. The van der Waals surface area contributed by atoms with Crippen LogP contribution in [-0.4, -0.2) is 30.3 Å². The quantitative estimate of drug-likeness (QED) is 0.864. The number of carboxylic acid groups (broad SMARTS) is 1. The maximum Gasteiger partial charge on any atom is 0.307 e. The monoisotopic (exact) mass is 275 g/mol. The third kappa shape index (κ3) is 2.72. The Kier molecular flexibility index (Phi) is 3.52. The molecule has 1 saturated carbocycles. The van der Waals surface area contributed by atoms with Crippen molar-refractivity contribution in [2.45, 2.75) is 37.3 Å². The lowest BCUT2D eigenvalue weighted by molar-refractivity contribution is -0.141. The van der Waals surface area contributed by atoms with Crippen molar-refractivity contribution in [3.8, 4) is 0 Å². The largest absolute Gasteiger partial charge is 0.481 e. The molecule has 108 valence electrons. The number of rotatable bonds is 5. The lowest BCUT2D eigenvalue weighted by Gasteiger charge is -2.16. The Morgan fingerprint density at radius 3 is 2.90 bits per heavy atom. The van der Waals surface area contributed by atoms with Crippen molar-refractivity contribution in [3.05, 3.63) is 35.4 Å². The number of carbonyl (C=O) groups is 1. The molecule has 2 unspecified atom stereocenters. The van der Waals surface area contributed by atoms with Crippen molar-refractivity contribution >= 4 is 5.97 Å². The summed E-state index contributed by atoms with van der Waals surface area (Å²) < 4.78 is 5.57. The van der Waals surface area contributed by atoms with Gasteiger partial charge in [-0.05, 0) is 30.4 Å². The van der Waals surface area contributed by atoms with Gasteiger partial charge in [-0.3, -0.25) is 4.79 Å². The molecule has 1 saturated heterocycles. The molecule has 0 aromatic heterocycles. The van der Waals surface area contributed by atoms with Crippen LogP contribution in [0.4, 0.5) is 0 Å². The van der Waals surface area contributed by atoms with E-state index in [0.29, 0.717) is 13.0 Å². The Balaban J connectivity index is 1.70. The van der Waals surface area contributed by atoms with Gasteiger partial charge in [-0.15, -0.1) is 0 Å². The Morgan fingerprint density at radius 2 is 2.30 bits per heavy atom. The Labute approximate surface area is 119 Å². The molecule has 1 aromatic carbocycles. The van der Waals surface area contributed by atoms with Gasteiger partial charge in [-0.25, -0.2) is 0 Å². The summed E-state index contributed by atoms with van der Waals surface area (Å²) in [7, 11) is 1.78. The average molecular weight is 275 g/mol. The molecule has 4 nitrogen and oxygen atoms in total. The molecule has 1 aliphatic carbocycles. The van der Waals surface area contributed by atoms with E-state index in [-0.39, 0.29) is 17.6 Å². The zero-order valence-corrected chi connectivity index (χ0v) is 11.8. The van der Waals surface area contributed by atoms with Crippen LogP contribution in [-0.2, 0) is 16.0 Å². The molecule has 2 N–H and O–H groups in total. The maximum absolute atomic E-state index is 11.0. The molecule has 3 rings (SSSR count). The van der Waals surface area contributed by atoms with Crippen molar-refractivity contribution < 1.29 is 14.6 Å². The zero-order valence-electron chi connectivity index (χ0n) is 11.8.